The van der Waals surface area contributed by atoms with E-state index in [1.165, 1.54) is 17.0 Å². The summed E-state index contributed by atoms with van der Waals surface area (Å²) >= 11 is 3.35. The predicted octanol–water partition coefficient (Wildman–Crippen LogP) is 4.13. The van der Waals surface area contributed by atoms with Crippen LogP contribution in [0.4, 0.5) is 14.9 Å². The second-order valence-electron chi connectivity index (χ2n) is 4.63. The number of hydrogen-bond acceptors (Lipinski definition) is 2. The molecule has 22 heavy (non-hydrogen) atoms. The van der Waals surface area contributed by atoms with Gasteiger partial charge in [0.1, 0.15) is 18.2 Å². The number of rotatable bonds is 5. The zero-order valence-electron chi connectivity index (χ0n) is 12.1. The summed E-state index contributed by atoms with van der Waals surface area (Å²) in [5, 5.41) is 2.52. The Morgan fingerprint density at radius 1 is 1.23 bits per heavy atom. The molecule has 0 aliphatic rings. The summed E-state index contributed by atoms with van der Waals surface area (Å²) in [5.74, 6) is 0.265. The number of likely N-dealkylation sites (N-methyl/N-ethyl adjacent to an activating group) is 1. The van der Waals surface area contributed by atoms with E-state index in [2.05, 4.69) is 21.2 Å². The van der Waals surface area contributed by atoms with Crippen LogP contribution in [-0.2, 0) is 0 Å². The molecule has 0 saturated heterocycles. The molecule has 116 valence electrons. The first-order valence-corrected chi connectivity index (χ1v) is 7.50. The third kappa shape index (κ3) is 4.73. The van der Waals surface area contributed by atoms with Gasteiger partial charge in [-0.2, -0.15) is 0 Å². The number of amides is 2. The summed E-state index contributed by atoms with van der Waals surface area (Å²) in [7, 11) is 1.63. The van der Waals surface area contributed by atoms with Gasteiger partial charge in [-0.3, -0.25) is 0 Å². The molecule has 2 aromatic carbocycles. The highest BCUT2D eigenvalue weighted by atomic mass is 79.9. The molecule has 2 aromatic rings. The summed E-state index contributed by atoms with van der Waals surface area (Å²) < 4.78 is 20.0. The van der Waals surface area contributed by atoms with Crippen LogP contribution in [0.25, 0.3) is 0 Å². The number of nitrogens with zero attached hydrogens (tertiary/aromatic N) is 1. The minimum atomic E-state index is -0.463. The van der Waals surface area contributed by atoms with Gasteiger partial charge in [-0.15, -0.1) is 0 Å². The molecule has 2 amide bonds. The van der Waals surface area contributed by atoms with E-state index in [1.54, 1.807) is 19.2 Å². The number of anilines is 1. The fourth-order valence-corrected chi connectivity index (χ4v) is 1.97. The van der Waals surface area contributed by atoms with Crippen LogP contribution in [0.5, 0.6) is 5.75 Å². The van der Waals surface area contributed by atoms with Crippen LogP contribution in [0.2, 0.25) is 0 Å². The minimum absolute atomic E-state index is 0.160. The van der Waals surface area contributed by atoms with Crippen molar-refractivity contribution in [2.24, 2.45) is 0 Å². The molecule has 0 atom stereocenters. The molecule has 0 aliphatic carbocycles. The maximum Gasteiger partial charge on any atom is 0.321 e. The lowest BCUT2D eigenvalue weighted by molar-refractivity contribution is 0.207. The molecule has 6 heteroatoms. The number of hydrogen-bond donors (Lipinski definition) is 1. The monoisotopic (exact) mass is 366 g/mol. The molecule has 2 rings (SSSR count). The topological polar surface area (TPSA) is 41.6 Å². The Kier molecular flexibility index (Phi) is 5.77. The van der Waals surface area contributed by atoms with E-state index >= 15 is 0 Å². The standard InChI is InChI=1S/C16H16BrFN2O2/c1-20(10-11-22-13-8-6-12(17)7-9-13)16(21)19-15-5-3-2-4-14(15)18/h2-9H,10-11H2,1H3,(H,19,21). The smallest absolute Gasteiger partial charge is 0.321 e. The first kappa shape index (κ1) is 16.3. The highest BCUT2D eigenvalue weighted by Crippen LogP contribution is 2.16. The van der Waals surface area contributed by atoms with Gasteiger partial charge in [0.2, 0.25) is 0 Å². The molecule has 0 bridgehead atoms. The Bertz CT molecular complexity index is 634. The zero-order valence-corrected chi connectivity index (χ0v) is 13.6. The Morgan fingerprint density at radius 3 is 2.59 bits per heavy atom. The maximum atomic E-state index is 13.5. The van der Waals surface area contributed by atoms with Crippen LogP contribution in [0.3, 0.4) is 0 Å². The lowest BCUT2D eigenvalue weighted by Gasteiger charge is -2.18. The minimum Gasteiger partial charge on any atom is -0.492 e. The summed E-state index contributed by atoms with van der Waals surface area (Å²) in [6, 6.07) is 13.1. The van der Waals surface area contributed by atoms with Crippen LogP contribution >= 0.6 is 15.9 Å². The maximum absolute atomic E-state index is 13.5. The fourth-order valence-electron chi connectivity index (χ4n) is 1.71. The number of carbonyl (C=O) groups is 1. The third-order valence-electron chi connectivity index (χ3n) is 2.97. The van der Waals surface area contributed by atoms with E-state index in [1.807, 2.05) is 24.3 Å². The number of halogens is 2. The molecule has 0 saturated carbocycles. The summed E-state index contributed by atoms with van der Waals surface area (Å²) in [5.41, 5.74) is 0.160. The Hall–Kier alpha value is -2.08. The molecule has 0 spiro atoms. The van der Waals surface area contributed by atoms with E-state index in [0.717, 1.165) is 10.2 Å². The van der Waals surface area contributed by atoms with Crippen molar-refractivity contribution in [3.8, 4) is 5.75 Å². The van der Waals surface area contributed by atoms with E-state index in [0.29, 0.717) is 13.2 Å². The number of urea groups is 1. The molecule has 1 N–H and O–H groups in total. The van der Waals surface area contributed by atoms with E-state index in [9.17, 15) is 9.18 Å². The normalized spacial score (nSPS) is 10.1. The third-order valence-corrected chi connectivity index (χ3v) is 3.50. The number of para-hydroxylation sites is 1. The quantitative estimate of drug-likeness (QED) is 0.864. The Labute approximate surface area is 137 Å². The summed E-state index contributed by atoms with van der Waals surface area (Å²) in [6.45, 7) is 0.735. The number of benzene rings is 2. The van der Waals surface area contributed by atoms with E-state index in [4.69, 9.17) is 4.74 Å². The predicted molar refractivity (Wildman–Crippen MR) is 87.7 cm³/mol. The summed E-state index contributed by atoms with van der Waals surface area (Å²) in [6.07, 6.45) is 0. The molecule has 0 heterocycles. The van der Waals surface area contributed by atoms with Crippen molar-refractivity contribution in [1.82, 2.24) is 4.90 Å². The number of ether oxygens (including phenoxy) is 1. The highest BCUT2D eigenvalue weighted by molar-refractivity contribution is 9.10. The van der Waals surface area contributed by atoms with Gasteiger partial charge < -0.3 is 15.0 Å². The van der Waals surface area contributed by atoms with E-state index < -0.39 is 5.82 Å². The lowest BCUT2D eigenvalue weighted by atomic mass is 10.3. The van der Waals surface area contributed by atoms with Gasteiger partial charge in [0, 0.05) is 11.5 Å². The lowest BCUT2D eigenvalue weighted by Crippen LogP contribution is -2.34. The van der Waals surface area contributed by atoms with Crippen molar-refractivity contribution in [1.29, 1.82) is 0 Å². The van der Waals surface area contributed by atoms with Gasteiger partial charge in [-0.1, -0.05) is 28.1 Å². The number of nitrogens with one attached hydrogen (secondary N) is 1. The van der Waals surface area contributed by atoms with Crippen LogP contribution in [0, 0.1) is 5.82 Å². The molecule has 0 unspecified atom stereocenters. The van der Waals surface area contributed by atoms with Crippen LogP contribution < -0.4 is 10.1 Å². The van der Waals surface area contributed by atoms with Crippen molar-refractivity contribution in [3.05, 3.63) is 58.8 Å². The van der Waals surface area contributed by atoms with Crippen LogP contribution in [0.15, 0.2) is 53.0 Å². The molecular formula is C16H16BrFN2O2. The van der Waals surface area contributed by atoms with Gasteiger partial charge in [0.05, 0.1) is 12.2 Å². The van der Waals surface area contributed by atoms with Crippen molar-refractivity contribution in [2.45, 2.75) is 0 Å². The second-order valence-corrected chi connectivity index (χ2v) is 5.55. The first-order valence-electron chi connectivity index (χ1n) is 6.71. The van der Waals surface area contributed by atoms with Gasteiger partial charge >= 0.3 is 6.03 Å². The van der Waals surface area contributed by atoms with Gasteiger partial charge in [-0.25, -0.2) is 9.18 Å². The molecule has 0 fully saturated rings. The van der Waals surface area contributed by atoms with Gasteiger partial charge in [-0.05, 0) is 36.4 Å². The second kappa shape index (κ2) is 7.79. The van der Waals surface area contributed by atoms with Gasteiger partial charge in [0.15, 0.2) is 0 Å². The summed E-state index contributed by atoms with van der Waals surface area (Å²) in [4.78, 5) is 13.4. The molecule has 4 nitrogen and oxygen atoms in total. The SMILES string of the molecule is CN(CCOc1ccc(Br)cc1)C(=O)Nc1ccccc1F. The number of carbonyl (C=O) groups excluding carboxylic acids is 1. The largest absolute Gasteiger partial charge is 0.492 e. The molecule has 0 aromatic heterocycles. The van der Waals surface area contributed by atoms with Gasteiger partial charge in [0.25, 0.3) is 0 Å². The van der Waals surface area contributed by atoms with Crippen LogP contribution in [-0.4, -0.2) is 31.1 Å². The molecular weight excluding hydrogens is 351 g/mol. The van der Waals surface area contributed by atoms with E-state index in [-0.39, 0.29) is 11.7 Å². The van der Waals surface area contributed by atoms with Crippen LogP contribution in [0.1, 0.15) is 0 Å². The van der Waals surface area contributed by atoms with Crippen molar-refractivity contribution < 1.29 is 13.9 Å². The van der Waals surface area contributed by atoms with Crippen molar-refractivity contribution >= 4 is 27.6 Å². The van der Waals surface area contributed by atoms with Crippen molar-refractivity contribution in [2.75, 3.05) is 25.5 Å². The average Bonchev–Trinajstić information content (AvgIpc) is 2.51. The zero-order chi connectivity index (χ0) is 15.9. The Balaban J connectivity index is 1.79. The van der Waals surface area contributed by atoms with Crippen molar-refractivity contribution in [3.63, 3.8) is 0 Å². The Morgan fingerprint density at radius 2 is 1.91 bits per heavy atom. The first-order chi connectivity index (χ1) is 10.6. The molecule has 0 aliphatic heterocycles. The fraction of sp³-hybridized carbons (Fsp3) is 0.188. The molecule has 0 radical (unpaired) electrons. The average molecular weight is 367 g/mol. The highest BCUT2D eigenvalue weighted by Gasteiger charge is 2.10.